The largest absolute Gasteiger partial charge is 0.325 e. The maximum absolute atomic E-state index is 12.5. The number of carbonyl (C=O) groups is 1. The molecule has 2 atom stereocenters. The number of fused-ring (bicyclic) bond motifs is 2. The van der Waals surface area contributed by atoms with E-state index in [0.717, 1.165) is 22.7 Å². The molecule has 1 amide bonds. The molecule has 1 heterocycles. The van der Waals surface area contributed by atoms with Crippen molar-refractivity contribution >= 4 is 23.2 Å². The number of nitrogens with one attached hydrogen (secondary N) is 1. The lowest BCUT2D eigenvalue weighted by Gasteiger charge is -2.17. The topological polar surface area (TPSA) is 29.1 Å². The first-order valence-corrected chi connectivity index (χ1v) is 7.13. The van der Waals surface area contributed by atoms with Gasteiger partial charge >= 0.3 is 0 Å². The Bertz CT molecular complexity index is 724. The van der Waals surface area contributed by atoms with Gasteiger partial charge in [-0.05, 0) is 35.7 Å². The van der Waals surface area contributed by atoms with E-state index in [1.165, 1.54) is 5.56 Å². The third-order valence-corrected chi connectivity index (χ3v) is 5.19. The smallest absolute Gasteiger partial charge is 0.236 e. The van der Waals surface area contributed by atoms with Crippen LogP contribution in [0.15, 0.2) is 48.5 Å². The van der Waals surface area contributed by atoms with Crippen LogP contribution in [0.1, 0.15) is 24.5 Å². The van der Waals surface area contributed by atoms with E-state index in [9.17, 15) is 4.79 Å². The summed E-state index contributed by atoms with van der Waals surface area (Å²) in [5.41, 5.74) is 2.71. The van der Waals surface area contributed by atoms with E-state index in [1.807, 2.05) is 42.5 Å². The molecular formula is C17H14ClNO. The minimum atomic E-state index is -0.405. The number of para-hydroxylation sites is 1. The molecule has 20 heavy (non-hydrogen) atoms. The van der Waals surface area contributed by atoms with Crippen LogP contribution in [-0.4, -0.2) is 5.91 Å². The third-order valence-electron chi connectivity index (χ3n) is 4.94. The molecule has 2 aliphatic rings. The van der Waals surface area contributed by atoms with Crippen LogP contribution in [0.4, 0.5) is 5.69 Å². The molecule has 3 heteroatoms. The summed E-state index contributed by atoms with van der Waals surface area (Å²) in [5, 5.41) is 3.75. The van der Waals surface area contributed by atoms with Crippen molar-refractivity contribution in [1.29, 1.82) is 0 Å². The standard InChI is InChI=1S/C17H14ClNO/c1-16(11-6-8-12(18)9-7-11)10-17(16)13-4-2-3-5-14(13)19-15(17)20/h2-9H,10H2,1H3,(H,19,20)/t16-,17-/m0/s1. The highest BCUT2D eigenvalue weighted by molar-refractivity contribution is 6.30. The molecule has 1 fully saturated rings. The summed E-state index contributed by atoms with van der Waals surface area (Å²) in [5.74, 6) is 0.121. The fourth-order valence-corrected chi connectivity index (χ4v) is 3.82. The van der Waals surface area contributed by atoms with Gasteiger partial charge in [0.05, 0.1) is 5.41 Å². The first kappa shape index (κ1) is 12.0. The Hall–Kier alpha value is -1.80. The first-order chi connectivity index (χ1) is 9.58. The maximum Gasteiger partial charge on any atom is 0.236 e. The zero-order valence-electron chi connectivity index (χ0n) is 11.1. The molecule has 0 aromatic heterocycles. The van der Waals surface area contributed by atoms with Crippen molar-refractivity contribution in [2.75, 3.05) is 5.32 Å². The molecule has 0 radical (unpaired) electrons. The minimum absolute atomic E-state index is 0.121. The van der Waals surface area contributed by atoms with E-state index in [4.69, 9.17) is 11.6 Å². The van der Waals surface area contributed by atoms with Crippen molar-refractivity contribution in [1.82, 2.24) is 0 Å². The van der Waals surface area contributed by atoms with Crippen LogP contribution < -0.4 is 5.32 Å². The zero-order chi connectivity index (χ0) is 14.0. The molecule has 0 bridgehead atoms. The van der Waals surface area contributed by atoms with Crippen molar-refractivity contribution in [2.24, 2.45) is 0 Å². The summed E-state index contributed by atoms with van der Waals surface area (Å²) in [7, 11) is 0. The molecule has 2 nitrogen and oxygen atoms in total. The van der Waals surface area contributed by atoms with E-state index >= 15 is 0 Å². The molecule has 1 aliphatic heterocycles. The lowest BCUT2D eigenvalue weighted by atomic mass is 9.83. The molecule has 1 spiro atoms. The van der Waals surface area contributed by atoms with Crippen LogP contribution in [0, 0.1) is 0 Å². The van der Waals surface area contributed by atoms with Gasteiger partial charge < -0.3 is 5.32 Å². The number of halogens is 1. The van der Waals surface area contributed by atoms with E-state index in [2.05, 4.69) is 18.3 Å². The molecule has 2 aromatic rings. The van der Waals surface area contributed by atoms with Crippen LogP contribution in [-0.2, 0) is 15.6 Å². The quantitative estimate of drug-likeness (QED) is 0.845. The number of hydrogen-bond donors (Lipinski definition) is 1. The molecule has 0 saturated heterocycles. The van der Waals surface area contributed by atoms with Gasteiger partial charge in [0, 0.05) is 16.1 Å². The predicted molar refractivity (Wildman–Crippen MR) is 80.2 cm³/mol. The Morgan fingerprint density at radius 3 is 2.55 bits per heavy atom. The van der Waals surface area contributed by atoms with Gasteiger partial charge in [-0.3, -0.25) is 4.79 Å². The highest BCUT2D eigenvalue weighted by Crippen LogP contribution is 2.68. The number of anilines is 1. The fraction of sp³-hybridized carbons (Fsp3) is 0.235. The van der Waals surface area contributed by atoms with Crippen LogP contribution >= 0.6 is 11.6 Å². The van der Waals surface area contributed by atoms with Gasteiger partial charge in [-0.1, -0.05) is 48.9 Å². The third kappa shape index (κ3) is 1.27. The van der Waals surface area contributed by atoms with Gasteiger partial charge in [-0.2, -0.15) is 0 Å². The van der Waals surface area contributed by atoms with Crippen LogP contribution in [0.25, 0.3) is 0 Å². The Morgan fingerprint density at radius 1 is 1.10 bits per heavy atom. The van der Waals surface area contributed by atoms with E-state index in [0.29, 0.717) is 0 Å². The average Bonchev–Trinajstić information content (AvgIpc) is 2.99. The highest BCUT2D eigenvalue weighted by atomic mass is 35.5. The molecule has 1 aliphatic carbocycles. The van der Waals surface area contributed by atoms with Gasteiger partial charge in [0.1, 0.15) is 0 Å². The van der Waals surface area contributed by atoms with Crippen molar-refractivity contribution in [3.05, 3.63) is 64.7 Å². The minimum Gasteiger partial charge on any atom is -0.325 e. The molecule has 1 saturated carbocycles. The molecule has 2 aromatic carbocycles. The molecule has 4 rings (SSSR count). The summed E-state index contributed by atoms with van der Waals surface area (Å²) in [6.07, 6.45) is 0.852. The lowest BCUT2D eigenvalue weighted by molar-refractivity contribution is -0.118. The van der Waals surface area contributed by atoms with Crippen molar-refractivity contribution in [3.8, 4) is 0 Å². The van der Waals surface area contributed by atoms with Crippen molar-refractivity contribution in [2.45, 2.75) is 24.2 Å². The van der Waals surface area contributed by atoms with Gasteiger partial charge in [-0.15, -0.1) is 0 Å². The Morgan fingerprint density at radius 2 is 1.80 bits per heavy atom. The number of hydrogen-bond acceptors (Lipinski definition) is 1. The Labute approximate surface area is 122 Å². The summed E-state index contributed by atoms with van der Waals surface area (Å²) in [6.45, 7) is 2.16. The monoisotopic (exact) mass is 283 g/mol. The predicted octanol–water partition coefficient (Wildman–Crippen LogP) is 3.89. The lowest BCUT2D eigenvalue weighted by Crippen LogP contribution is -2.27. The first-order valence-electron chi connectivity index (χ1n) is 6.75. The number of amides is 1. The van der Waals surface area contributed by atoms with Crippen molar-refractivity contribution < 1.29 is 4.79 Å². The fourth-order valence-electron chi connectivity index (χ4n) is 3.69. The molecule has 100 valence electrons. The highest BCUT2D eigenvalue weighted by Gasteiger charge is 2.73. The summed E-state index contributed by atoms with van der Waals surface area (Å²) in [6, 6.07) is 15.9. The second-order valence-electron chi connectivity index (χ2n) is 5.92. The Balaban J connectivity index is 1.85. The summed E-state index contributed by atoms with van der Waals surface area (Å²) < 4.78 is 0. The van der Waals surface area contributed by atoms with Gasteiger partial charge in [0.25, 0.3) is 0 Å². The summed E-state index contributed by atoms with van der Waals surface area (Å²) in [4.78, 5) is 12.5. The van der Waals surface area contributed by atoms with E-state index in [-0.39, 0.29) is 11.3 Å². The van der Waals surface area contributed by atoms with Crippen LogP contribution in [0.2, 0.25) is 5.02 Å². The number of carbonyl (C=O) groups excluding carboxylic acids is 1. The molecular weight excluding hydrogens is 270 g/mol. The number of rotatable bonds is 1. The normalized spacial score (nSPS) is 30.2. The Kier molecular flexibility index (Phi) is 2.18. The van der Waals surface area contributed by atoms with Crippen LogP contribution in [0.5, 0.6) is 0 Å². The summed E-state index contributed by atoms with van der Waals surface area (Å²) >= 11 is 5.96. The van der Waals surface area contributed by atoms with Crippen LogP contribution in [0.3, 0.4) is 0 Å². The zero-order valence-corrected chi connectivity index (χ0v) is 11.9. The second-order valence-corrected chi connectivity index (χ2v) is 6.36. The number of benzene rings is 2. The molecule has 1 N–H and O–H groups in total. The SMILES string of the molecule is C[C@@]1(c2ccc(Cl)cc2)C[C@]12C(=O)Nc1ccccc12. The van der Waals surface area contributed by atoms with Crippen molar-refractivity contribution in [3.63, 3.8) is 0 Å². The maximum atomic E-state index is 12.5. The molecule has 0 unspecified atom stereocenters. The average molecular weight is 284 g/mol. The van der Waals surface area contributed by atoms with E-state index in [1.54, 1.807) is 0 Å². The van der Waals surface area contributed by atoms with Gasteiger partial charge in [0.15, 0.2) is 0 Å². The van der Waals surface area contributed by atoms with E-state index < -0.39 is 5.41 Å². The van der Waals surface area contributed by atoms with Gasteiger partial charge in [0.2, 0.25) is 5.91 Å². The second kappa shape index (κ2) is 3.64. The van der Waals surface area contributed by atoms with Gasteiger partial charge in [-0.25, -0.2) is 0 Å².